The van der Waals surface area contributed by atoms with Gasteiger partial charge < -0.3 is 14.7 Å². The molecule has 3 aromatic heterocycles. The van der Waals surface area contributed by atoms with Gasteiger partial charge in [-0.05, 0) is 62.8 Å². The molecule has 0 bridgehead atoms. The summed E-state index contributed by atoms with van der Waals surface area (Å²) in [6.07, 6.45) is 10.4. The van der Waals surface area contributed by atoms with Gasteiger partial charge in [0.15, 0.2) is 11.4 Å². The van der Waals surface area contributed by atoms with E-state index in [0.717, 1.165) is 31.4 Å². The van der Waals surface area contributed by atoms with Gasteiger partial charge in [0.05, 0.1) is 42.5 Å². The van der Waals surface area contributed by atoms with Gasteiger partial charge in [0.2, 0.25) is 5.91 Å². The molecule has 12 heteroatoms. The van der Waals surface area contributed by atoms with Gasteiger partial charge in [0.1, 0.15) is 17.5 Å². The predicted molar refractivity (Wildman–Crippen MR) is 143 cm³/mol. The highest BCUT2D eigenvalue weighted by Gasteiger charge is 2.37. The summed E-state index contributed by atoms with van der Waals surface area (Å²) in [5, 5.41) is 20.0. The number of hydrogen-bond donors (Lipinski definition) is 1. The molecule has 2 aliphatic rings. The number of rotatable bonds is 6. The van der Waals surface area contributed by atoms with Gasteiger partial charge in [-0.15, -0.1) is 0 Å². The van der Waals surface area contributed by atoms with Crippen LogP contribution in [0.1, 0.15) is 38.5 Å². The monoisotopic (exact) mass is 549 g/mol. The third-order valence-electron chi connectivity index (χ3n) is 8.10. The van der Waals surface area contributed by atoms with Crippen LogP contribution in [0.3, 0.4) is 0 Å². The van der Waals surface area contributed by atoms with Crippen molar-refractivity contribution < 1.29 is 19.0 Å². The summed E-state index contributed by atoms with van der Waals surface area (Å²) >= 11 is 0. The van der Waals surface area contributed by atoms with Crippen molar-refractivity contribution in [2.75, 3.05) is 13.1 Å². The number of aryl methyl sites for hydroxylation is 1. The number of hydrogen-bond acceptors (Lipinski definition) is 7. The summed E-state index contributed by atoms with van der Waals surface area (Å²) in [5.41, 5.74) is -0.486. The van der Waals surface area contributed by atoms with Gasteiger partial charge in [-0.2, -0.15) is 10.2 Å². The van der Waals surface area contributed by atoms with Crippen molar-refractivity contribution in [2.24, 2.45) is 13.0 Å². The van der Waals surface area contributed by atoms with E-state index >= 15 is 0 Å². The Bertz CT molecular complexity index is 1560. The lowest BCUT2D eigenvalue weighted by molar-refractivity contribution is -0.141. The molecule has 1 aliphatic carbocycles. The highest BCUT2D eigenvalue weighted by Crippen LogP contribution is 2.31. The van der Waals surface area contributed by atoms with Gasteiger partial charge in [-0.3, -0.25) is 18.8 Å². The number of likely N-dealkylation sites (tertiary alicyclic amines) is 1. The number of ether oxygens (including phenoxy) is 1. The molecule has 0 atom stereocenters. The number of carbonyl (C=O) groups excluding carboxylic acids is 1. The fourth-order valence-corrected chi connectivity index (χ4v) is 5.79. The van der Waals surface area contributed by atoms with Gasteiger partial charge in [0, 0.05) is 26.1 Å². The van der Waals surface area contributed by atoms with E-state index in [2.05, 4.69) is 15.2 Å². The first-order chi connectivity index (χ1) is 19.3. The van der Waals surface area contributed by atoms with E-state index in [-0.39, 0.29) is 35.9 Å². The predicted octanol–water partition coefficient (Wildman–Crippen LogP) is 2.45. The number of nitrogens with zero attached hydrogens (tertiary/aromatic N) is 7. The lowest BCUT2D eigenvalue weighted by atomic mass is 9.85. The molecule has 40 heavy (non-hydrogen) atoms. The van der Waals surface area contributed by atoms with Gasteiger partial charge >= 0.3 is 0 Å². The Morgan fingerprint density at radius 2 is 1.82 bits per heavy atom. The van der Waals surface area contributed by atoms with Crippen molar-refractivity contribution in [1.29, 1.82) is 0 Å². The summed E-state index contributed by atoms with van der Waals surface area (Å²) in [7, 11) is 1.85. The Balaban J connectivity index is 1.05. The molecular formula is C28H32FN7O4. The van der Waals surface area contributed by atoms with E-state index in [1.165, 1.54) is 33.9 Å². The minimum Gasteiger partial charge on any atom is -0.487 e. The topological polar surface area (TPSA) is 120 Å². The van der Waals surface area contributed by atoms with Crippen molar-refractivity contribution in [3.05, 3.63) is 65.4 Å². The number of piperidine rings is 1. The van der Waals surface area contributed by atoms with Crippen LogP contribution in [0.5, 0.6) is 5.75 Å². The fraction of sp³-hybridized carbons (Fsp3) is 0.464. The van der Waals surface area contributed by atoms with Crippen molar-refractivity contribution in [1.82, 2.24) is 34.0 Å². The van der Waals surface area contributed by atoms with Crippen LogP contribution in [0, 0.1) is 11.7 Å². The number of amides is 1. The third-order valence-corrected chi connectivity index (χ3v) is 8.10. The Hall–Kier alpha value is -4.06. The minimum atomic E-state index is -1.13. The minimum absolute atomic E-state index is 0.0354. The average Bonchev–Trinajstić information content (AvgIpc) is 3.57. The smallest absolute Gasteiger partial charge is 0.264 e. The molecule has 1 saturated heterocycles. The van der Waals surface area contributed by atoms with Crippen LogP contribution in [0.25, 0.3) is 16.7 Å². The van der Waals surface area contributed by atoms with Crippen LogP contribution in [0.15, 0.2) is 54.0 Å². The van der Waals surface area contributed by atoms with E-state index in [9.17, 15) is 19.1 Å². The molecule has 1 aromatic carbocycles. The van der Waals surface area contributed by atoms with E-state index < -0.39 is 5.60 Å². The SMILES string of the molecule is Cn1cc(OC2CCC(C(=O)N3CCC(O)(Cn4cnc5c(cnn5-c5ccc(F)cc5)c4=O)CC3)CC2)cn1. The van der Waals surface area contributed by atoms with E-state index in [1.54, 1.807) is 23.0 Å². The van der Waals surface area contributed by atoms with Crippen LogP contribution in [0.4, 0.5) is 4.39 Å². The second kappa shape index (κ2) is 10.5. The van der Waals surface area contributed by atoms with Gasteiger partial charge in [0.25, 0.3) is 5.56 Å². The molecule has 4 aromatic rings. The lowest BCUT2D eigenvalue weighted by Gasteiger charge is -2.40. The molecule has 11 nitrogen and oxygen atoms in total. The first kappa shape index (κ1) is 26.2. The summed E-state index contributed by atoms with van der Waals surface area (Å²) in [5.74, 6) is 0.486. The van der Waals surface area contributed by atoms with Crippen LogP contribution < -0.4 is 10.3 Å². The standard InChI is InChI=1S/C28H32FN7O4/c1-33-16-23(14-31-33)40-22-8-2-19(3-9-22)26(37)34-12-10-28(39,11-13-34)17-35-18-30-25-24(27(35)38)15-32-36(25)21-6-4-20(29)5-7-21/h4-7,14-16,18-19,22,39H,2-3,8-13,17H2,1H3. The molecule has 0 unspecified atom stereocenters. The Labute approximate surface area is 229 Å². The molecule has 1 aliphatic heterocycles. The first-order valence-corrected chi connectivity index (χ1v) is 13.6. The summed E-state index contributed by atoms with van der Waals surface area (Å²) < 4.78 is 23.9. The maximum Gasteiger partial charge on any atom is 0.264 e. The Morgan fingerprint density at radius 1 is 1.10 bits per heavy atom. The summed E-state index contributed by atoms with van der Waals surface area (Å²) in [6.45, 7) is 0.956. The molecule has 0 spiro atoms. The number of fused-ring (bicyclic) bond motifs is 1. The van der Waals surface area contributed by atoms with Crippen LogP contribution in [-0.4, -0.2) is 69.8 Å². The van der Waals surface area contributed by atoms with Crippen LogP contribution >= 0.6 is 0 Å². The summed E-state index contributed by atoms with van der Waals surface area (Å²) in [4.78, 5) is 32.7. The number of aliphatic hydroxyl groups is 1. The number of aromatic nitrogens is 6. The molecule has 2 fully saturated rings. The average molecular weight is 550 g/mol. The molecule has 1 N–H and O–H groups in total. The van der Waals surface area contributed by atoms with Gasteiger partial charge in [-0.1, -0.05) is 0 Å². The van der Waals surface area contributed by atoms with E-state index in [0.29, 0.717) is 42.7 Å². The molecular weight excluding hydrogens is 517 g/mol. The van der Waals surface area contributed by atoms with Crippen LogP contribution in [0.2, 0.25) is 0 Å². The van der Waals surface area contributed by atoms with Crippen molar-refractivity contribution in [3.63, 3.8) is 0 Å². The lowest BCUT2D eigenvalue weighted by Crippen LogP contribution is -2.51. The maximum absolute atomic E-state index is 13.3. The Kier molecular flexibility index (Phi) is 6.87. The zero-order chi connectivity index (χ0) is 27.9. The zero-order valence-corrected chi connectivity index (χ0v) is 22.3. The largest absolute Gasteiger partial charge is 0.487 e. The normalized spacial score (nSPS) is 21.0. The van der Waals surface area contributed by atoms with Crippen molar-refractivity contribution >= 4 is 16.9 Å². The summed E-state index contributed by atoms with van der Waals surface area (Å²) in [6, 6.07) is 5.77. The fourth-order valence-electron chi connectivity index (χ4n) is 5.79. The second-order valence-electron chi connectivity index (χ2n) is 10.9. The highest BCUT2D eigenvalue weighted by atomic mass is 19.1. The third kappa shape index (κ3) is 5.23. The number of carbonyl (C=O) groups is 1. The molecule has 4 heterocycles. The zero-order valence-electron chi connectivity index (χ0n) is 22.3. The van der Waals surface area contributed by atoms with Crippen molar-refractivity contribution in [3.8, 4) is 11.4 Å². The van der Waals surface area contributed by atoms with E-state index in [1.807, 2.05) is 18.1 Å². The molecule has 6 rings (SSSR count). The van der Waals surface area contributed by atoms with Crippen LogP contribution in [-0.2, 0) is 18.4 Å². The van der Waals surface area contributed by atoms with E-state index in [4.69, 9.17) is 4.74 Å². The molecule has 1 saturated carbocycles. The van der Waals surface area contributed by atoms with Gasteiger partial charge in [-0.25, -0.2) is 14.1 Å². The maximum atomic E-state index is 13.3. The molecule has 0 radical (unpaired) electrons. The van der Waals surface area contributed by atoms with Crippen molar-refractivity contribution in [2.45, 2.75) is 56.8 Å². The highest BCUT2D eigenvalue weighted by molar-refractivity contribution is 5.79. The number of benzene rings is 1. The second-order valence-corrected chi connectivity index (χ2v) is 10.9. The quantitative estimate of drug-likeness (QED) is 0.392. The first-order valence-electron chi connectivity index (χ1n) is 13.6. The molecule has 210 valence electrons. The molecule has 1 amide bonds. The number of halogens is 1. The Morgan fingerprint density at radius 3 is 2.50 bits per heavy atom.